The van der Waals surface area contributed by atoms with Gasteiger partial charge in [-0.15, -0.1) is 11.8 Å². The molecule has 0 saturated carbocycles. The predicted octanol–water partition coefficient (Wildman–Crippen LogP) is 5.89. The zero-order chi connectivity index (χ0) is 24.4. The monoisotopic (exact) mass is 488 g/mol. The Morgan fingerprint density at radius 3 is 2.52 bits per heavy atom. The molecule has 33 heavy (non-hydrogen) atoms. The Bertz CT molecular complexity index is 968. The molecule has 1 fully saturated rings. The number of esters is 1. The number of thioether (sulfide) groups is 1. The number of rotatable bonds is 8. The first-order valence-electron chi connectivity index (χ1n) is 11.6. The maximum absolute atomic E-state index is 13.4. The number of carbonyl (C=O) groups is 2. The van der Waals surface area contributed by atoms with Crippen LogP contribution in [0.4, 0.5) is 0 Å². The molecular formula is C27H36O4S2. The lowest BCUT2D eigenvalue weighted by molar-refractivity contribution is -0.176. The van der Waals surface area contributed by atoms with E-state index in [1.165, 1.54) is 17.3 Å². The molecule has 3 rings (SSSR count). The van der Waals surface area contributed by atoms with Crippen LogP contribution in [-0.4, -0.2) is 34.3 Å². The van der Waals surface area contributed by atoms with Crippen LogP contribution in [0.2, 0.25) is 0 Å². The van der Waals surface area contributed by atoms with Crippen molar-refractivity contribution < 1.29 is 19.4 Å². The molecule has 1 aromatic carbocycles. The molecule has 1 aliphatic rings. The van der Waals surface area contributed by atoms with Gasteiger partial charge in [-0.05, 0) is 82.7 Å². The highest BCUT2D eigenvalue weighted by Gasteiger charge is 2.49. The van der Waals surface area contributed by atoms with Crippen LogP contribution in [0.1, 0.15) is 69.7 Å². The van der Waals surface area contributed by atoms with Gasteiger partial charge >= 0.3 is 5.97 Å². The first-order chi connectivity index (χ1) is 15.5. The van der Waals surface area contributed by atoms with Crippen LogP contribution in [-0.2, 0) is 32.6 Å². The number of ketones is 1. The molecular weight excluding hydrogens is 452 g/mol. The summed E-state index contributed by atoms with van der Waals surface area (Å²) in [4.78, 5) is 27.5. The number of aliphatic hydroxyl groups excluding tert-OH is 1. The Hall–Kier alpha value is -1.63. The zero-order valence-electron chi connectivity index (χ0n) is 20.6. The topological polar surface area (TPSA) is 63.6 Å². The second-order valence-electron chi connectivity index (χ2n) is 10.4. The van der Waals surface area contributed by atoms with Crippen LogP contribution >= 0.6 is 23.1 Å². The van der Waals surface area contributed by atoms with Crippen molar-refractivity contribution in [1.82, 2.24) is 0 Å². The normalized spacial score (nSPS) is 21.5. The number of thiophene rings is 1. The van der Waals surface area contributed by atoms with E-state index in [0.29, 0.717) is 12.8 Å². The SMILES string of the molecule is Cc1cc(SC2C(=O)CC(CCc3ccsc3)(C(C)C)OC2=O)c(C(C)(C)C)cc1CCO. The van der Waals surface area contributed by atoms with Crippen LogP contribution in [0.25, 0.3) is 0 Å². The molecule has 2 atom stereocenters. The molecule has 6 heteroatoms. The summed E-state index contributed by atoms with van der Waals surface area (Å²) in [6.45, 7) is 12.5. The minimum Gasteiger partial charge on any atom is -0.457 e. The van der Waals surface area contributed by atoms with Crippen LogP contribution in [0.15, 0.2) is 33.9 Å². The Balaban J connectivity index is 1.85. The summed E-state index contributed by atoms with van der Waals surface area (Å²) in [5.74, 6) is -0.417. The van der Waals surface area contributed by atoms with Crippen molar-refractivity contribution in [2.45, 2.75) is 88.4 Å². The maximum Gasteiger partial charge on any atom is 0.327 e. The van der Waals surface area contributed by atoms with Gasteiger partial charge in [-0.2, -0.15) is 11.3 Å². The maximum atomic E-state index is 13.4. The Kier molecular flexibility index (Phi) is 8.13. The number of aryl methyl sites for hydroxylation is 2. The minimum absolute atomic E-state index is 0.0489. The molecule has 1 N–H and O–H groups in total. The van der Waals surface area contributed by atoms with Gasteiger partial charge in [0, 0.05) is 17.9 Å². The highest BCUT2D eigenvalue weighted by atomic mass is 32.2. The molecule has 0 spiro atoms. The summed E-state index contributed by atoms with van der Waals surface area (Å²) in [5.41, 5.74) is 3.54. The molecule has 0 aliphatic carbocycles. The standard InChI is InChI=1S/C27H36O4S2/c1-17(2)27(10-7-19-9-12-32-16-19)15-22(29)24(25(30)31-27)33-23-13-18(3)20(8-11-28)14-21(23)26(4,5)6/h9,12-14,16-17,24,28H,7-8,10-11,15H2,1-6H3. The molecule has 0 radical (unpaired) electrons. The van der Waals surface area contributed by atoms with Crippen molar-refractivity contribution in [3.63, 3.8) is 0 Å². The quantitative estimate of drug-likeness (QED) is 0.371. The van der Waals surface area contributed by atoms with E-state index in [1.807, 2.05) is 26.2 Å². The minimum atomic E-state index is -0.845. The number of benzene rings is 1. The summed E-state index contributed by atoms with van der Waals surface area (Å²) >= 11 is 2.97. The molecule has 1 saturated heterocycles. The molecule has 1 aromatic heterocycles. The summed E-state index contributed by atoms with van der Waals surface area (Å²) in [5, 5.41) is 12.7. The largest absolute Gasteiger partial charge is 0.457 e. The number of aliphatic hydroxyl groups is 1. The fourth-order valence-corrected chi connectivity index (χ4v) is 6.44. The van der Waals surface area contributed by atoms with E-state index in [-0.39, 0.29) is 30.1 Å². The van der Waals surface area contributed by atoms with E-state index in [0.717, 1.165) is 28.0 Å². The van der Waals surface area contributed by atoms with E-state index >= 15 is 0 Å². The van der Waals surface area contributed by atoms with E-state index in [9.17, 15) is 14.7 Å². The highest BCUT2D eigenvalue weighted by Crippen LogP contribution is 2.42. The molecule has 1 aliphatic heterocycles. The summed E-state index contributed by atoms with van der Waals surface area (Å²) in [6.07, 6.45) is 2.29. The fourth-order valence-electron chi connectivity index (χ4n) is 4.39. The number of carbonyl (C=O) groups excluding carboxylic acids is 2. The number of cyclic esters (lactones) is 1. The zero-order valence-corrected chi connectivity index (χ0v) is 22.2. The number of hydrogen-bond donors (Lipinski definition) is 1. The van der Waals surface area contributed by atoms with Gasteiger partial charge in [0.25, 0.3) is 0 Å². The fraction of sp³-hybridized carbons (Fsp3) is 0.556. The molecule has 2 aromatic rings. The number of ether oxygens (including phenoxy) is 1. The Morgan fingerprint density at radius 1 is 1.24 bits per heavy atom. The number of Topliss-reactive ketones (excluding diaryl/α,β-unsaturated/α-hetero) is 1. The van der Waals surface area contributed by atoms with Crippen LogP contribution in [0, 0.1) is 12.8 Å². The van der Waals surface area contributed by atoms with Gasteiger partial charge in [0.1, 0.15) is 5.60 Å². The summed E-state index contributed by atoms with van der Waals surface area (Å²) in [7, 11) is 0. The Labute approximate surface area is 206 Å². The van der Waals surface area contributed by atoms with E-state index in [2.05, 4.69) is 44.4 Å². The van der Waals surface area contributed by atoms with Crippen molar-refractivity contribution in [3.05, 3.63) is 51.2 Å². The molecule has 4 nitrogen and oxygen atoms in total. The smallest absolute Gasteiger partial charge is 0.327 e. The van der Waals surface area contributed by atoms with Gasteiger partial charge < -0.3 is 9.84 Å². The van der Waals surface area contributed by atoms with Gasteiger partial charge in [0.15, 0.2) is 11.0 Å². The first kappa shape index (κ1) is 26.0. The molecule has 180 valence electrons. The first-order valence-corrected chi connectivity index (χ1v) is 13.5. The van der Waals surface area contributed by atoms with Gasteiger partial charge in [-0.1, -0.05) is 40.7 Å². The summed E-state index contributed by atoms with van der Waals surface area (Å²) in [6, 6.07) is 6.25. The lowest BCUT2D eigenvalue weighted by Crippen LogP contribution is -2.52. The van der Waals surface area contributed by atoms with Gasteiger partial charge in [-0.25, -0.2) is 0 Å². The van der Waals surface area contributed by atoms with Gasteiger partial charge in [-0.3, -0.25) is 9.59 Å². The van der Waals surface area contributed by atoms with Crippen LogP contribution in [0.5, 0.6) is 0 Å². The third-order valence-electron chi connectivity index (χ3n) is 6.63. The number of hydrogen-bond acceptors (Lipinski definition) is 6. The Morgan fingerprint density at radius 2 is 1.97 bits per heavy atom. The van der Waals surface area contributed by atoms with Crippen LogP contribution in [0.3, 0.4) is 0 Å². The second kappa shape index (κ2) is 10.3. The van der Waals surface area contributed by atoms with Crippen LogP contribution < -0.4 is 0 Å². The van der Waals surface area contributed by atoms with Crippen molar-refractivity contribution in [1.29, 1.82) is 0 Å². The van der Waals surface area contributed by atoms with Crippen molar-refractivity contribution >= 4 is 34.9 Å². The highest BCUT2D eigenvalue weighted by molar-refractivity contribution is 8.01. The molecule has 2 unspecified atom stereocenters. The average molecular weight is 489 g/mol. The van der Waals surface area contributed by atoms with E-state index in [4.69, 9.17) is 4.74 Å². The third kappa shape index (κ3) is 5.90. The van der Waals surface area contributed by atoms with Gasteiger partial charge in [0.05, 0.1) is 0 Å². The third-order valence-corrected chi connectivity index (χ3v) is 8.64. The second-order valence-corrected chi connectivity index (χ2v) is 12.3. The lowest BCUT2D eigenvalue weighted by Gasteiger charge is -2.41. The van der Waals surface area contributed by atoms with E-state index < -0.39 is 16.8 Å². The van der Waals surface area contributed by atoms with Crippen molar-refractivity contribution in [2.75, 3.05) is 6.61 Å². The molecule has 0 bridgehead atoms. The average Bonchev–Trinajstić information content (AvgIpc) is 3.24. The lowest BCUT2D eigenvalue weighted by atomic mass is 9.78. The van der Waals surface area contributed by atoms with E-state index in [1.54, 1.807) is 11.3 Å². The van der Waals surface area contributed by atoms with Gasteiger partial charge in [0.2, 0.25) is 0 Å². The molecule has 0 amide bonds. The van der Waals surface area contributed by atoms with Crippen molar-refractivity contribution in [2.24, 2.45) is 5.92 Å². The predicted molar refractivity (Wildman–Crippen MR) is 136 cm³/mol. The molecule has 2 heterocycles. The van der Waals surface area contributed by atoms with Crippen molar-refractivity contribution in [3.8, 4) is 0 Å². The summed E-state index contributed by atoms with van der Waals surface area (Å²) < 4.78 is 6.10.